The predicted molar refractivity (Wildman–Crippen MR) is 191 cm³/mol. The zero-order chi connectivity index (χ0) is 34.9. The van der Waals surface area contributed by atoms with Crippen molar-refractivity contribution in [3.63, 3.8) is 0 Å². The molecule has 7 nitrogen and oxygen atoms in total. The van der Waals surface area contributed by atoms with Gasteiger partial charge in [-0.15, -0.1) is 0 Å². The van der Waals surface area contributed by atoms with Gasteiger partial charge in [0.05, 0.1) is 17.9 Å². The van der Waals surface area contributed by atoms with Crippen LogP contribution >= 0.6 is 0 Å². The third-order valence-corrected chi connectivity index (χ3v) is 14.6. The van der Waals surface area contributed by atoms with E-state index < -0.39 is 28.9 Å². The summed E-state index contributed by atoms with van der Waals surface area (Å²) in [5, 5.41) is 24.9. The van der Waals surface area contributed by atoms with E-state index in [1.807, 2.05) is 0 Å². The average molecular weight is 672 g/mol. The number of fused-ring (bicyclic) bond motifs is 7. The van der Waals surface area contributed by atoms with Gasteiger partial charge in [0.25, 0.3) is 0 Å². The van der Waals surface area contributed by atoms with E-state index in [0.717, 1.165) is 63.5 Å². The van der Waals surface area contributed by atoms with Crippen molar-refractivity contribution < 1.29 is 29.3 Å². The number of aliphatic hydroxyl groups is 1. The zero-order valence-corrected chi connectivity index (χ0v) is 31.1. The number of allylic oxidation sites excluding steroid dienone is 1. The smallest absolute Gasteiger partial charge is 0.309 e. The minimum atomic E-state index is -1.15. The number of rotatable bonds is 10. The summed E-state index contributed by atoms with van der Waals surface area (Å²) < 4.78 is 6.13. The van der Waals surface area contributed by atoms with Crippen LogP contribution in [0.1, 0.15) is 141 Å². The number of Topliss-reactive ketones (excluding diaryl/α,β-unsaturated/α-hetero) is 1. The molecule has 5 aliphatic carbocycles. The van der Waals surface area contributed by atoms with E-state index in [9.17, 15) is 24.6 Å². The fourth-order valence-corrected chi connectivity index (χ4v) is 12.3. The summed E-state index contributed by atoms with van der Waals surface area (Å²) in [7, 11) is 0. The van der Waals surface area contributed by atoms with Crippen LogP contribution in [0.2, 0.25) is 0 Å². The summed E-state index contributed by atoms with van der Waals surface area (Å²) in [5.74, 6) is 1.32. The van der Waals surface area contributed by atoms with Crippen LogP contribution in [0.5, 0.6) is 0 Å². The van der Waals surface area contributed by atoms with Crippen LogP contribution in [0, 0.1) is 62.6 Å². The van der Waals surface area contributed by atoms with Gasteiger partial charge in [0, 0.05) is 23.8 Å². The zero-order valence-electron chi connectivity index (χ0n) is 31.1. The largest absolute Gasteiger partial charge is 0.481 e. The Hall–Kier alpha value is -1.73. The van der Waals surface area contributed by atoms with Crippen LogP contribution in [-0.2, 0) is 19.1 Å². The van der Waals surface area contributed by atoms with E-state index in [0.29, 0.717) is 42.6 Å². The summed E-state index contributed by atoms with van der Waals surface area (Å²) in [4.78, 5) is 38.5. The van der Waals surface area contributed by atoms with E-state index in [2.05, 4.69) is 60.7 Å². The summed E-state index contributed by atoms with van der Waals surface area (Å²) in [6.07, 6.45) is 7.70. The number of ketones is 1. The molecule has 9 atom stereocenters. The van der Waals surface area contributed by atoms with Gasteiger partial charge in [0.15, 0.2) is 5.78 Å². The fraction of sp³-hybridized carbons (Fsp3) is 0.878. The van der Waals surface area contributed by atoms with Crippen molar-refractivity contribution in [1.82, 2.24) is 5.32 Å². The lowest BCUT2D eigenvalue weighted by atomic mass is 9.36. The van der Waals surface area contributed by atoms with Crippen LogP contribution in [0.4, 0.5) is 0 Å². The van der Waals surface area contributed by atoms with Crippen molar-refractivity contribution in [3.05, 3.63) is 11.1 Å². The molecule has 0 radical (unpaired) electrons. The molecule has 9 unspecified atom stereocenters. The first-order chi connectivity index (χ1) is 21.7. The molecule has 5 aliphatic rings. The van der Waals surface area contributed by atoms with Gasteiger partial charge in [-0.1, -0.05) is 68.4 Å². The Bertz CT molecular complexity index is 1280. The van der Waals surface area contributed by atoms with Gasteiger partial charge in [0.1, 0.15) is 6.10 Å². The average Bonchev–Trinajstić information content (AvgIpc) is 3.27. The molecule has 0 aliphatic heterocycles. The third kappa shape index (κ3) is 6.24. The molecule has 0 saturated heterocycles. The van der Waals surface area contributed by atoms with Crippen LogP contribution in [0.3, 0.4) is 0 Å². The van der Waals surface area contributed by atoms with Crippen LogP contribution in [0.25, 0.3) is 0 Å². The van der Waals surface area contributed by atoms with Crippen molar-refractivity contribution in [3.8, 4) is 0 Å². The lowest BCUT2D eigenvalue weighted by Gasteiger charge is -2.69. The van der Waals surface area contributed by atoms with Gasteiger partial charge in [0.2, 0.25) is 0 Å². The summed E-state index contributed by atoms with van der Waals surface area (Å²) in [6, 6.07) is 0. The number of hydrogen-bond donors (Lipinski definition) is 3. The molecule has 48 heavy (non-hydrogen) atoms. The van der Waals surface area contributed by atoms with E-state index in [4.69, 9.17) is 4.74 Å². The number of carboxylic acids is 1. The number of carbonyl (C=O) groups is 3. The number of ether oxygens (including phenoxy) is 1. The quantitative estimate of drug-likeness (QED) is 0.201. The molecule has 0 bridgehead atoms. The second-order valence-corrected chi connectivity index (χ2v) is 19.0. The lowest BCUT2D eigenvalue weighted by molar-refractivity contribution is -0.214. The molecule has 0 spiro atoms. The molecule has 4 fully saturated rings. The number of esters is 1. The standard InChI is InChI=1S/C40H65NO6.CH4/c1-23(2)21-41-22-30(43)40-18-13-26-25(34(40)33(24(3)4)27(42)19-40)11-12-29-38(26,9)16-14-28-37(7,8)31(15-17-39(28,29)10)47-32(44)20-36(5,6)35(45)46;/h23-26,28-31,41,43H,11-22H2,1-10H3,(H,45,46);1H4. The minimum Gasteiger partial charge on any atom is -0.481 e. The molecule has 3 N–H and O–H groups in total. The molecule has 0 aromatic carbocycles. The SMILES string of the molecule is C.CC(C)CNCC(O)C12CCC3C(CCC4C3(C)CCC3C(C)(C)C(OC(=O)CC(C)(C)C(=O)O)CCC34C)C1=C(C(C)C)C(=O)C2. The monoisotopic (exact) mass is 672 g/mol. The molecular formula is C41H69NO6. The van der Waals surface area contributed by atoms with Gasteiger partial charge >= 0.3 is 11.9 Å². The first-order valence-corrected chi connectivity index (χ1v) is 18.8. The van der Waals surface area contributed by atoms with Crippen molar-refractivity contribution in [2.75, 3.05) is 13.1 Å². The van der Waals surface area contributed by atoms with Crippen molar-refractivity contribution in [2.45, 2.75) is 153 Å². The molecular weight excluding hydrogens is 602 g/mol. The van der Waals surface area contributed by atoms with Crippen molar-refractivity contribution >= 4 is 17.7 Å². The number of carboxylic acid groups (broad SMARTS) is 1. The maximum Gasteiger partial charge on any atom is 0.309 e. The normalized spacial score (nSPS) is 38.0. The van der Waals surface area contributed by atoms with Crippen LogP contribution in [-0.4, -0.2) is 53.2 Å². The highest BCUT2D eigenvalue weighted by Crippen LogP contribution is 2.73. The third-order valence-electron chi connectivity index (χ3n) is 14.6. The van der Waals surface area contributed by atoms with Gasteiger partial charge < -0.3 is 20.3 Å². The summed E-state index contributed by atoms with van der Waals surface area (Å²) >= 11 is 0. The molecule has 7 heteroatoms. The molecule has 4 saturated carbocycles. The molecule has 274 valence electrons. The molecule has 0 aromatic rings. The first-order valence-electron chi connectivity index (χ1n) is 18.8. The van der Waals surface area contributed by atoms with Gasteiger partial charge in [-0.25, -0.2) is 0 Å². The topological polar surface area (TPSA) is 113 Å². The maximum absolute atomic E-state index is 13.8. The number of hydrogen-bond acceptors (Lipinski definition) is 6. The van der Waals surface area contributed by atoms with Crippen molar-refractivity contribution in [2.24, 2.45) is 62.6 Å². The highest BCUT2D eigenvalue weighted by molar-refractivity contribution is 6.00. The van der Waals surface area contributed by atoms with E-state index in [-0.39, 0.29) is 47.9 Å². The minimum absolute atomic E-state index is 0. The highest BCUT2D eigenvalue weighted by Gasteiger charge is 2.67. The maximum atomic E-state index is 13.8. The van der Waals surface area contributed by atoms with Gasteiger partial charge in [-0.2, -0.15) is 0 Å². The Morgan fingerprint density at radius 1 is 0.917 bits per heavy atom. The van der Waals surface area contributed by atoms with E-state index >= 15 is 0 Å². The Labute approximate surface area is 291 Å². The molecule has 0 aromatic heterocycles. The van der Waals surface area contributed by atoms with E-state index in [1.165, 1.54) is 5.57 Å². The molecule has 0 heterocycles. The highest BCUT2D eigenvalue weighted by atomic mass is 16.5. The Kier molecular flexibility index (Phi) is 10.9. The number of carbonyl (C=O) groups excluding carboxylic acids is 2. The summed E-state index contributed by atoms with van der Waals surface area (Å²) in [5.41, 5.74) is 0.814. The Morgan fingerprint density at radius 2 is 1.56 bits per heavy atom. The number of nitrogens with one attached hydrogen (secondary N) is 1. The van der Waals surface area contributed by atoms with Crippen LogP contribution in [0.15, 0.2) is 11.1 Å². The summed E-state index contributed by atoms with van der Waals surface area (Å²) in [6.45, 7) is 22.9. The first kappa shape index (κ1) is 39.1. The second kappa shape index (κ2) is 13.4. The predicted octanol–water partition coefficient (Wildman–Crippen LogP) is 8.23. The fourth-order valence-electron chi connectivity index (χ4n) is 12.3. The molecule has 5 rings (SSSR count). The Balaban J connectivity index is 0.00000520. The van der Waals surface area contributed by atoms with Crippen molar-refractivity contribution in [1.29, 1.82) is 0 Å². The second-order valence-electron chi connectivity index (χ2n) is 19.0. The molecule has 0 amide bonds. The van der Waals surface area contributed by atoms with Gasteiger partial charge in [-0.3, -0.25) is 14.4 Å². The number of aliphatic hydroxyl groups excluding tert-OH is 1. The van der Waals surface area contributed by atoms with E-state index in [1.54, 1.807) is 13.8 Å². The van der Waals surface area contributed by atoms with Gasteiger partial charge in [-0.05, 0) is 124 Å². The Morgan fingerprint density at radius 3 is 2.17 bits per heavy atom. The number of aliphatic carboxylic acids is 1. The lowest BCUT2D eigenvalue weighted by Crippen LogP contribution is -2.63. The van der Waals surface area contributed by atoms with Crippen LogP contribution < -0.4 is 5.32 Å².